The van der Waals surface area contributed by atoms with E-state index in [9.17, 15) is 19.2 Å². The molecule has 0 rings (SSSR count). The Morgan fingerprint density at radius 2 is 1.07 bits per heavy atom. The van der Waals surface area contributed by atoms with Crippen LogP contribution in [-0.4, -0.2) is 35.0 Å². The summed E-state index contributed by atoms with van der Waals surface area (Å²) >= 11 is 0. The predicted molar refractivity (Wildman–Crippen MR) is 123 cm³/mol. The standard InChI is InChI=1S/C9H17NO2.C8H16O2.C7H14O/c1-6(11)7(5-8(10)12)9(2,3)4;1-6(10)7(5-9)8(2,3)4;1-6(8)5-7(2,3)4/h7H,5H2,1-4H3,(H2,10,12);7,9H,5H2,1-4H3;5H2,1-4H3. The molecule has 0 bridgehead atoms. The zero-order chi connectivity index (χ0) is 25.1. The summed E-state index contributed by atoms with van der Waals surface area (Å²) < 4.78 is 0. The van der Waals surface area contributed by atoms with E-state index in [-0.39, 0.29) is 58.5 Å². The lowest BCUT2D eigenvalue weighted by Gasteiger charge is -2.27. The van der Waals surface area contributed by atoms with E-state index in [1.54, 1.807) is 6.92 Å². The molecule has 0 aromatic carbocycles. The van der Waals surface area contributed by atoms with E-state index in [2.05, 4.69) is 20.8 Å². The summed E-state index contributed by atoms with van der Waals surface area (Å²) in [5.74, 6) is -0.513. The van der Waals surface area contributed by atoms with Gasteiger partial charge in [0.25, 0.3) is 0 Å². The molecule has 178 valence electrons. The highest BCUT2D eigenvalue weighted by Gasteiger charge is 2.29. The Labute approximate surface area is 184 Å². The second-order valence-corrected chi connectivity index (χ2v) is 11.4. The fraction of sp³-hybridized carbons (Fsp3) is 0.833. The van der Waals surface area contributed by atoms with Gasteiger partial charge in [-0.3, -0.25) is 14.4 Å². The van der Waals surface area contributed by atoms with E-state index >= 15 is 0 Å². The van der Waals surface area contributed by atoms with E-state index < -0.39 is 5.91 Å². The first-order chi connectivity index (χ1) is 13.1. The molecule has 0 saturated carbocycles. The van der Waals surface area contributed by atoms with Crippen LogP contribution in [0.5, 0.6) is 0 Å². The molecular weight excluding hydrogens is 382 g/mol. The van der Waals surface area contributed by atoms with E-state index in [1.807, 2.05) is 41.5 Å². The Balaban J connectivity index is -0.000000372. The summed E-state index contributed by atoms with van der Waals surface area (Å²) in [6, 6.07) is 0. The van der Waals surface area contributed by atoms with Crippen molar-refractivity contribution in [2.75, 3.05) is 6.61 Å². The van der Waals surface area contributed by atoms with Gasteiger partial charge < -0.3 is 15.6 Å². The summed E-state index contributed by atoms with van der Waals surface area (Å²) in [4.78, 5) is 43.1. The SMILES string of the molecule is CC(=O)C(CC(N)=O)C(C)(C)C.CC(=O)C(CO)C(C)(C)C.CC(=O)CC(C)(C)C. The maximum Gasteiger partial charge on any atom is 0.218 e. The molecular formula is C24H47NO5. The Bertz CT molecular complexity index is 560. The summed E-state index contributed by atoms with van der Waals surface area (Å²) in [5, 5.41) is 8.81. The van der Waals surface area contributed by atoms with E-state index in [1.165, 1.54) is 13.8 Å². The molecule has 2 unspecified atom stereocenters. The Hall–Kier alpha value is -1.56. The van der Waals surface area contributed by atoms with Crippen LogP contribution in [0.25, 0.3) is 0 Å². The summed E-state index contributed by atoms with van der Waals surface area (Å²) in [6.45, 7) is 22.5. The van der Waals surface area contributed by atoms with Crippen molar-refractivity contribution in [3.63, 3.8) is 0 Å². The third kappa shape index (κ3) is 19.7. The summed E-state index contributed by atoms with van der Waals surface area (Å²) in [5.41, 5.74) is 4.92. The maximum absolute atomic E-state index is 11.1. The third-order valence-corrected chi connectivity index (χ3v) is 4.44. The first-order valence-electron chi connectivity index (χ1n) is 10.5. The van der Waals surface area contributed by atoms with Crippen LogP contribution in [0.2, 0.25) is 0 Å². The first kappa shape index (κ1) is 33.1. The first-order valence-corrected chi connectivity index (χ1v) is 10.5. The van der Waals surface area contributed by atoms with Gasteiger partial charge >= 0.3 is 0 Å². The maximum atomic E-state index is 11.1. The number of primary amides is 1. The average molecular weight is 430 g/mol. The molecule has 0 heterocycles. The number of hydrogen-bond donors (Lipinski definition) is 2. The molecule has 0 saturated heterocycles. The summed E-state index contributed by atoms with van der Waals surface area (Å²) in [6.07, 6.45) is 0.839. The molecule has 0 aliphatic rings. The smallest absolute Gasteiger partial charge is 0.218 e. The van der Waals surface area contributed by atoms with Crippen molar-refractivity contribution < 1.29 is 24.3 Å². The molecule has 0 aliphatic carbocycles. The number of Topliss-reactive ketones (excluding diaryl/α,β-unsaturated/α-hetero) is 3. The highest BCUT2D eigenvalue weighted by molar-refractivity contribution is 5.85. The Morgan fingerprint density at radius 3 is 1.10 bits per heavy atom. The molecule has 0 radical (unpaired) electrons. The molecule has 30 heavy (non-hydrogen) atoms. The largest absolute Gasteiger partial charge is 0.396 e. The molecule has 6 heteroatoms. The molecule has 2 atom stereocenters. The fourth-order valence-corrected chi connectivity index (χ4v) is 3.02. The average Bonchev–Trinajstić information content (AvgIpc) is 2.40. The van der Waals surface area contributed by atoms with Gasteiger partial charge in [0.1, 0.15) is 17.3 Å². The van der Waals surface area contributed by atoms with Crippen LogP contribution in [0.4, 0.5) is 0 Å². The van der Waals surface area contributed by atoms with E-state index in [0.717, 1.165) is 0 Å². The lowest BCUT2D eigenvalue weighted by molar-refractivity contribution is -0.129. The molecule has 0 spiro atoms. The van der Waals surface area contributed by atoms with Crippen LogP contribution in [0, 0.1) is 28.1 Å². The number of nitrogens with two attached hydrogens (primary N) is 1. The number of aliphatic hydroxyl groups is 1. The molecule has 1 amide bonds. The van der Waals surface area contributed by atoms with Crippen molar-refractivity contribution in [3.8, 4) is 0 Å². The molecule has 6 nitrogen and oxygen atoms in total. The number of amides is 1. The normalized spacial score (nSPS) is 13.6. The van der Waals surface area contributed by atoms with Crippen LogP contribution < -0.4 is 5.73 Å². The highest BCUT2D eigenvalue weighted by Crippen LogP contribution is 2.29. The lowest BCUT2D eigenvalue weighted by Crippen LogP contribution is -2.31. The predicted octanol–water partition coefficient (Wildman–Crippen LogP) is 4.35. The number of rotatable bonds is 6. The van der Waals surface area contributed by atoms with Gasteiger partial charge in [-0.15, -0.1) is 0 Å². The number of carbonyl (C=O) groups excluding carboxylic acids is 4. The van der Waals surface area contributed by atoms with Gasteiger partial charge in [0, 0.05) is 24.7 Å². The van der Waals surface area contributed by atoms with Crippen LogP contribution in [0.1, 0.15) is 95.9 Å². The molecule has 0 fully saturated rings. The zero-order valence-corrected chi connectivity index (χ0v) is 21.4. The van der Waals surface area contributed by atoms with Crippen LogP contribution in [0.3, 0.4) is 0 Å². The van der Waals surface area contributed by atoms with Gasteiger partial charge in [0.2, 0.25) is 5.91 Å². The molecule has 0 aromatic rings. The van der Waals surface area contributed by atoms with Crippen LogP contribution >= 0.6 is 0 Å². The monoisotopic (exact) mass is 429 g/mol. The highest BCUT2D eigenvalue weighted by atomic mass is 16.3. The second kappa shape index (κ2) is 13.7. The number of hydrogen-bond acceptors (Lipinski definition) is 5. The summed E-state index contributed by atoms with van der Waals surface area (Å²) in [7, 11) is 0. The third-order valence-electron chi connectivity index (χ3n) is 4.44. The number of aliphatic hydroxyl groups excluding tert-OH is 1. The van der Waals surface area contributed by atoms with Crippen molar-refractivity contribution in [3.05, 3.63) is 0 Å². The zero-order valence-electron chi connectivity index (χ0n) is 21.4. The van der Waals surface area contributed by atoms with Crippen molar-refractivity contribution >= 4 is 23.3 Å². The van der Waals surface area contributed by atoms with Crippen molar-refractivity contribution in [2.45, 2.75) is 95.9 Å². The van der Waals surface area contributed by atoms with Gasteiger partial charge in [0.05, 0.1) is 6.61 Å². The van der Waals surface area contributed by atoms with Crippen molar-refractivity contribution in [1.29, 1.82) is 0 Å². The van der Waals surface area contributed by atoms with Crippen LogP contribution in [-0.2, 0) is 19.2 Å². The minimum absolute atomic E-state index is 0.0290. The Morgan fingerprint density at radius 1 is 0.733 bits per heavy atom. The minimum Gasteiger partial charge on any atom is -0.396 e. The van der Waals surface area contributed by atoms with Gasteiger partial charge in [-0.1, -0.05) is 62.3 Å². The molecule has 3 N–H and O–H groups in total. The van der Waals surface area contributed by atoms with Gasteiger partial charge in [-0.2, -0.15) is 0 Å². The van der Waals surface area contributed by atoms with Crippen molar-refractivity contribution in [1.82, 2.24) is 0 Å². The van der Waals surface area contributed by atoms with Gasteiger partial charge in [-0.25, -0.2) is 0 Å². The minimum atomic E-state index is -0.412. The topological polar surface area (TPSA) is 115 Å². The fourth-order valence-electron chi connectivity index (χ4n) is 3.02. The van der Waals surface area contributed by atoms with Gasteiger partial charge in [0.15, 0.2) is 0 Å². The van der Waals surface area contributed by atoms with Gasteiger partial charge in [-0.05, 0) is 37.0 Å². The van der Waals surface area contributed by atoms with E-state index in [4.69, 9.17) is 10.8 Å². The number of carbonyl (C=O) groups is 4. The van der Waals surface area contributed by atoms with Crippen LogP contribution in [0.15, 0.2) is 0 Å². The molecule has 0 aliphatic heterocycles. The Kier molecular flexibility index (Phi) is 15.1. The lowest BCUT2D eigenvalue weighted by atomic mass is 9.76. The quantitative estimate of drug-likeness (QED) is 0.651. The number of ketones is 3. The molecule has 0 aromatic heterocycles. The van der Waals surface area contributed by atoms with Crippen molar-refractivity contribution in [2.24, 2.45) is 33.8 Å². The second-order valence-electron chi connectivity index (χ2n) is 11.4. The van der Waals surface area contributed by atoms with E-state index in [0.29, 0.717) is 6.42 Å².